The number of amides is 2. The maximum Gasteiger partial charge on any atom is 0.242 e. The van der Waals surface area contributed by atoms with Crippen LogP contribution in [0.25, 0.3) is 0 Å². The number of methoxy groups -OCH3 is 1. The van der Waals surface area contributed by atoms with E-state index in [2.05, 4.69) is 12.2 Å². The SMILES string of the molecule is CCCCNC(=O)[C@H](CC)N(Cc1ccc(OC)cc1)C(=O)Cc1c(Cl)cccc1Cl. The van der Waals surface area contributed by atoms with Crippen LogP contribution in [0.5, 0.6) is 5.75 Å². The lowest BCUT2D eigenvalue weighted by Crippen LogP contribution is -2.49. The molecular weight excluding hydrogens is 435 g/mol. The minimum atomic E-state index is -0.590. The fourth-order valence-electron chi connectivity index (χ4n) is 3.31. The van der Waals surface area contributed by atoms with Gasteiger partial charge in [0.15, 0.2) is 0 Å². The van der Waals surface area contributed by atoms with E-state index in [1.54, 1.807) is 30.2 Å². The van der Waals surface area contributed by atoms with Gasteiger partial charge in [0, 0.05) is 23.1 Å². The summed E-state index contributed by atoms with van der Waals surface area (Å²) in [5.74, 6) is 0.375. The van der Waals surface area contributed by atoms with Crippen LogP contribution in [0.1, 0.15) is 44.2 Å². The molecule has 0 aliphatic heterocycles. The molecular formula is C24H30Cl2N2O3. The molecule has 1 N–H and O–H groups in total. The highest BCUT2D eigenvalue weighted by Gasteiger charge is 2.29. The Morgan fingerprint density at radius 3 is 2.26 bits per heavy atom. The molecule has 2 aromatic carbocycles. The third-order valence-electron chi connectivity index (χ3n) is 5.12. The number of nitrogens with one attached hydrogen (secondary N) is 1. The zero-order valence-electron chi connectivity index (χ0n) is 18.3. The summed E-state index contributed by atoms with van der Waals surface area (Å²) in [4.78, 5) is 27.9. The number of benzene rings is 2. The van der Waals surface area contributed by atoms with Crippen molar-refractivity contribution >= 4 is 35.0 Å². The highest BCUT2D eigenvalue weighted by molar-refractivity contribution is 6.36. The van der Waals surface area contributed by atoms with E-state index >= 15 is 0 Å². The van der Waals surface area contributed by atoms with Crippen LogP contribution >= 0.6 is 23.2 Å². The Morgan fingerprint density at radius 1 is 1.06 bits per heavy atom. The normalized spacial score (nSPS) is 11.6. The average molecular weight is 465 g/mol. The second kappa shape index (κ2) is 12.6. The average Bonchev–Trinajstić information content (AvgIpc) is 2.76. The number of hydrogen-bond donors (Lipinski definition) is 1. The van der Waals surface area contributed by atoms with Crippen LogP contribution in [0.4, 0.5) is 0 Å². The smallest absolute Gasteiger partial charge is 0.242 e. The predicted molar refractivity (Wildman–Crippen MR) is 126 cm³/mol. The second-order valence-electron chi connectivity index (χ2n) is 7.32. The van der Waals surface area contributed by atoms with Gasteiger partial charge in [-0.3, -0.25) is 9.59 Å². The van der Waals surface area contributed by atoms with Gasteiger partial charge in [-0.05, 0) is 48.2 Å². The molecule has 1 atom stereocenters. The van der Waals surface area contributed by atoms with Crippen molar-refractivity contribution < 1.29 is 14.3 Å². The van der Waals surface area contributed by atoms with E-state index in [1.807, 2.05) is 31.2 Å². The van der Waals surface area contributed by atoms with Crippen LogP contribution in [0.15, 0.2) is 42.5 Å². The van der Waals surface area contributed by atoms with E-state index in [9.17, 15) is 9.59 Å². The van der Waals surface area contributed by atoms with E-state index in [-0.39, 0.29) is 18.2 Å². The summed E-state index contributed by atoms with van der Waals surface area (Å²) in [6, 6.07) is 12.0. The van der Waals surface area contributed by atoms with Crippen molar-refractivity contribution in [1.29, 1.82) is 0 Å². The Bertz CT molecular complexity index is 851. The molecule has 0 aromatic heterocycles. The standard InChI is InChI=1S/C24H30Cl2N2O3/c1-4-6-14-27-24(30)22(5-2)28(16-17-10-12-18(31-3)13-11-17)23(29)15-19-20(25)8-7-9-21(19)26/h7-13,22H,4-6,14-16H2,1-3H3,(H,27,30)/t22-/m0/s1. The second-order valence-corrected chi connectivity index (χ2v) is 8.13. The van der Waals surface area contributed by atoms with Gasteiger partial charge in [-0.2, -0.15) is 0 Å². The Morgan fingerprint density at radius 2 is 1.71 bits per heavy atom. The summed E-state index contributed by atoms with van der Waals surface area (Å²) in [6.07, 6.45) is 2.39. The molecule has 0 fully saturated rings. The Labute approximate surface area is 194 Å². The first-order valence-corrected chi connectivity index (χ1v) is 11.3. The van der Waals surface area contributed by atoms with Gasteiger partial charge >= 0.3 is 0 Å². The van der Waals surface area contributed by atoms with Crippen LogP contribution in [0, 0.1) is 0 Å². The summed E-state index contributed by atoms with van der Waals surface area (Å²) < 4.78 is 5.21. The van der Waals surface area contributed by atoms with Crippen LogP contribution in [0.2, 0.25) is 10.0 Å². The topological polar surface area (TPSA) is 58.6 Å². The Balaban J connectivity index is 2.30. The Hall–Kier alpha value is -2.24. The van der Waals surface area contributed by atoms with Crippen molar-refractivity contribution in [1.82, 2.24) is 10.2 Å². The minimum Gasteiger partial charge on any atom is -0.497 e. The van der Waals surface area contributed by atoms with Crippen LogP contribution in [-0.4, -0.2) is 36.4 Å². The van der Waals surface area contributed by atoms with Crippen LogP contribution in [0.3, 0.4) is 0 Å². The summed E-state index contributed by atoms with van der Waals surface area (Å²) in [5.41, 5.74) is 1.47. The summed E-state index contributed by atoms with van der Waals surface area (Å²) in [6.45, 7) is 4.86. The van der Waals surface area contributed by atoms with Crippen molar-refractivity contribution in [3.63, 3.8) is 0 Å². The number of carbonyl (C=O) groups excluding carboxylic acids is 2. The molecule has 31 heavy (non-hydrogen) atoms. The molecule has 2 rings (SSSR count). The van der Waals surface area contributed by atoms with Gasteiger partial charge < -0.3 is 15.0 Å². The molecule has 0 radical (unpaired) electrons. The summed E-state index contributed by atoms with van der Waals surface area (Å²) in [5, 5.41) is 3.83. The molecule has 2 aromatic rings. The molecule has 0 saturated carbocycles. The van der Waals surface area contributed by atoms with Gasteiger partial charge in [0.25, 0.3) is 0 Å². The van der Waals surface area contributed by atoms with E-state index in [0.29, 0.717) is 35.1 Å². The number of carbonyl (C=O) groups is 2. The zero-order valence-corrected chi connectivity index (χ0v) is 19.8. The number of rotatable bonds is 11. The van der Waals surface area contributed by atoms with Crippen molar-refractivity contribution in [3.05, 3.63) is 63.6 Å². The number of nitrogens with zero attached hydrogens (tertiary/aromatic N) is 1. The largest absolute Gasteiger partial charge is 0.497 e. The number of unbranched alkanes of at least 4 members (excludes halogenated alkanes) is 1. The highest BCUT2D eigenvalue weighted by Crippen LogP contribution is 2.26. The lowest BCUT2D eigenvalue weighted by Gasteiger charge is -2.31. The summed E-state index contributed by atoms with van der Waals surface area (Å²) >= 11 is 12.6. The van der Waals surface area contributed by atoms with Crippen LogP contribution in [-0.2, 0) is 22.6 Å². The van der Waals surface area contributed by atoms with Gasteiger partial charge in [0.1, 0.15) is 11.8 Å². The number of hydrogen-bond acceptors (Lipinski definition) is 3. The van der Waals surface area contributed by atoms with E-state index < -0.39 is 6.04 Å². The number of ether oxygens (including phenoxy) is 1. The van der Waals surface area contributed by atoms with Crippen LogP contribution < -0.4 is 10.1 Å². The fourth-order valence-corrected chi connectivity index (χ4v) is 3.84. The van der Waals surface area contributed by atoms with Crippen molar-refractivity contribution in [3.8, 4) is 5.75 Å². The first-order valence-electron chi connectivity index (χ1n) is 10.5. The van der Waals surface area contributed by atoms with E-state index in [4.69, 9.17) is 27.9 Å². The third kappa shape index (κ3) is 7.15. The highest BCUT2D eigenvalue weighted by atomic mass is 35.5. The first kappa shape index (κ1) is 25.0. The molecule has 0 saturated heterocycles. The summed E-state index contributed by atoms with van der Waals surface area (Å²) in [7, 11) is 1.60. The van der Waals surface area contributed by atoms with Gasteiger partial charge in [0.2, 0.25) is 11.8 Å². The van der Waals surface area contributed by atoms with Crippen molar-refractivity contribution in [2.24, 2.45) is 0 Å². The third-order valence-corrected chi connectivity index (χ3v) is 5.83. The lowest BCUT2D eigenvalue weighted by atomic mass is 10.1. The Kier molecular flexibility index (Phi) is 10.2. The molecule has 2 amide bonds. The number of halogens is 2. The molecule has 168 valence electrons. The molecule has 0 bridgehead atoms. The van der Waals surface area contributed by atoms with Crippen molar-refractivity contribution in [2.75, 3.05) is 13.7 Å². The van der Waals surface area contributed by atoms with Gasteiger partial charge in [-0.15, -0.1) is 0 Å². The zero-order chi connectivity index (χ0) is 22.8. The monoisotopic (exact) mass is 464 g/mol. The molecule has 0 unspecified atom stereocenters. The molecule has 0 aliphatic carbocycles. The molecule has 5 nitrogen and oxygen atoms in total. The lowest BCUT2D eigenvalue weighted by molar-refractivity contribution is -0.140. The van der Waals surface area contributed by atoms with E-state index in [0.717, 1.165) is 24.2 Å². The molecule has 0 aliphatic rings. The molecule has 7 heteroatoms. The van der Waals surface area contributed by atoms with E-state index in [1.165, 1.54) is 0 Å². The predicted octanol–water partition coefficient (Wildman–Crippen LogP) is 5.27. The van der Waals surface area contributed by atoms with Crippen molar-refractivity contribution in [2.45, 2.75) is 52.1 Å². The maximum absolute atomic E-state index is 13.4. The maximum atomic E-state index is 13.4. The van der Waals surface area contributed by atoms with Gasteiger partial charge in [-0.25, -0.2) is 0 Å². The fraction of sp³-hybridized carbons (Fsp3) is 0.417. The van der Waals surface area contributed by atoms with Gasteiger partial charge in [0.05, 0.1) is 13.5 Å². The first-order chi connectivity index (χ1) is 14.9. The molecule has 0 spiro atoms. The quantitative estimate of drug-likeness (QED) is 0.460. The van der Waals surface area contributed by atoms with Gasteiger partial charge in [-0.1, -0.05) is 61.7 Å². The molecule has 0 heterocycles. The minimum absolute atomic E-state index is 0.0212.